The molecule has 0 saturated carbocycles. The van der Waals surface area contributed by atoms with E-state index in [1.165, 1.54) is 11.8 Å². The van der Waals surface area contributed by atoms with Crippen LogP contribution in [0.1, 0.15) is 34.4 Å². The van der Waals surface area contributed by atoms with Crippen LogP contribution in [0.3, 0.4) is 0 Å². The van der Waals surface area contributed by atoms with Gasteiger partial charge in [-0.15, -0.1) is 21.5 Å². The van der Waals surface area contributed by atoms with Gasteiger partial charge in [0.25, 0.3) is 0 Å². The van der Waals surface area contributed by atoms with Gasteiger partial charge in [0.1, 0.15) is 5.01 Å². The Morgan fingerprint density at radius 1 is 1.25 bits per heavy atom. The lowest BCUT2D eigenvalue weighted by atomic mass is 10.2. The summed E-state index contributed by atoms with van der Waals surface area (Å²) in [6.45, 7) is 0.910. The number of hydrogen-bond acceptors (Lipinski definition) is 7. The molecule has 1 aliphatic heterocycles. The van der Waals surface area contributed by atoms with Gasteiger partial charge in [-0.2, -0.15) is 0 Å². The minimum atomic E-state index is -0.474. The van der Waals surface area contributed by atoms with E-state index < -0.39 is 5.97 Å². The Labute approximate surface area is 143 Å². The number of anilines is 1. The maximum Gasteiger partial charge on any atom is 0.358 e. The Hall–Kier alpha value is -2.54. The van der Waals surface area contributed by atoms with Gasteiger partial charge in [0, 0.05) is 6.54 Å². The van der Waals surface area contributed by atoms with Crippen LogP contribution in [0.5, 0.6) is 0 Å². The highest BCUT2D eigenvalue weighted by Crippen LogP contribution is 2.38. The number of fused-ring (bicyclic) bond motifs is 1. The lowest BCUT2D eigenvalue weighted by Gasteiger charge is -2.23. The molecule has 1 aliphatic rings. The molecule has 24 heavy (non-hydrogen) atoms. The summed E-state index contributed by atoms with van der Waals surface area (Å²) in [5.74, 6) is 0.294. The molecule has 0 radical (unpaired) electrons. The first-order valence-corrected chi connectivity index (χ1v) is 8.62. The van der Waals surface area contributed by atoms with Crippen LogP contribution >= 0.6 is 11.3 Å². The average Bonchev–Trinajstić information content (AvgIpc) is 3.27. The molecule has 2 aromatic heterocycles. The zero-order valence-electron chi connectivity index (χ0n) is 13.2. The third-order valence-corrected chi connectivity index (χ3v) is 5.33. The first-order chi connectivity index (χ1) is 11.8. The molecular weight excluding hydrogens is 324 g/mol. The van der Waals surface area contributed by atoms with Crippen LogP contribution in [-0.4, -0.2) is 34.8 Å². The molecule has 3 aromatic rings. The van der Waals surface area contributed by atoms with Gasteiger partial charge in [0.05, 0.1) is 23.4 Å². The van der Waals surface area contributed by atoms with Crippen molar-refractivity contribution in [2.75, 3.05) is 18.6 Å². The second kappa shape index (κ2) is 6.16. The van der Waals surface area contributed by atoms with E-state index in [0.29, 0.717) is 0 Å². The molecule has 1 fully saturated rings. The number of aromatic nitrogens is 3. The molecular formula is C17H16N4O2S. The van der Waals surface area contributed by atoms with Crippen molar-refractivity contribution in [3.63, 3.8) is 0 Å². The number of para-hydroxylation sites is 1. The lowest BCUT2D eigenvalue weighted by Crippen LogP contribution is -2.24. The monoisotopic (exact) mass is 340 g/mol. The smallest absolute Gasteiger partial charge is 0.358 e. The number of thiazole rings is 1. The predicted octanol–water partition coefficient (Wildman–Crippen LogP) is 3.21. The molecule has 6 nitrogen and oxygen atoms in total. The van der Waals surface area contributed by atoms with Gasteiger partial charge in [-0.3, -0.25) is 0 Å². The summed E-state index contributed by atoms with van der Waals surface area (Å²) in [7, 11) is 1.33. The quantitative estimate of drug-likeness (QED) is 0.682. The maximum atomic E-state index is 11.5. The van der Waals surface area contributed by atoms with E-state index in [1.54, 1.807) is 17.4 Å². The standard InChI is InChI=1S/C17H16N4O2S/c1-23-17(22)12-8-9-15(20-19-12)21-10-4-6-13(21)16-18-11-5-2-3-7-14(11)24-16/h2-3,5,7-9,13H,4,6,10H2,1H3. The minimum absolute atomic E-state index is 0.209. The van der Waals surface area contributed by atoms with Crippen molar-refractivity contribution in [3.8, 4) is 0 Å². The highest BCUT2D eigenvalue weighted by Gasteiger charge is 2.30. The number of hydrogen-bond donors (Lipinski definition) is 0. The van der Waals surface area contributed by atoms with Gasteiger partial charge in [-0.25, -0.2) is 9.78 Å². The van der Waals surface area contributed by atoms with Gasteiger partial charge in [-0.05, 0) is 37.1 Å². The van der Waals surface area contributed by atoms with E-state index in [0.717, 1.165) is 35.7 Å². The third-order valence-electron chi connectivity index (χ3n) is 4.19. The second-order valence-corrected chi connectivity index (χ2v) is 6.70. The molecule has 1 unspecified atom stereocenters. The molecule has 0 spiro atoms. The van der Waals surface area contributed by atoms with Gasteiger partial charge >= 0.3 is 5.97 Å². The van der Waals surface area contributed by atoms with Gasteiger partial charge in [0.15, 0.2) is 11.5 Å². The van der Waals surface area contributed by atoms with Gasteiger partial charge in [0.2, 0.25) is 0 Å². The summed E-state index contributed by atoms with van der Waals surface area (Å²) in [5.41, 5.74) is 1.26. The summed E-state index contributed by atoms with van der Waals surface area (Å²) >= 11 is 1.73. The zero-order chi connectivity index (χ0) is 16.5. The number of ether oxygens (including phenoxy) is 1. The summed E-state index contributed by atoms with van der Waals surface area (Å²) in [4.78, 5) is 18.5. The maximum absolute atomic E-state index is 11.5. The van der Waals surface area contributed by atoms with E-state index in [2.05, 4.69) is 25.9 Å². The molecule has 4 rings (SSSR count). The van der Waals surface area contributed by atoms with Crippen molar-refractivity contribution >= 4 is 33.3 Å². The second-order valence-electron chi connectivity index (χ2n) is 5.64. The van der Waals surface area contributed by atoms with E-state index in [9.17, 15) is 4.79 Å². The Morgan fingerprint density at radius 3 is 2.88 bits per heavy atom. The van der Waals surface area contributed by atoms with Gasteiger partial charge < -0.3 is 9.64 Å². The molecule has 0 bridgehead atoms. The molecule has 3 heterocycles. The van der Waals surface area contributed by atoms with Crippen LogP contribution in [-0.2, 0) is 4.74 Å². The van der Waals surface area contributed by atoms with E-state index in [1.807, 2.05) is 24.3 Å². The van der Waals surface area contributed by atoms with Crippen molar-refractivity contribution in [1.82, 2.24) is 15.2 Å². The number of carbonyl (C=O) groups is 1. The molecule has 1 saturated heterocycles. The topological polar surface area (TPSA) is 68.2 Å². The Bertz CT molecular complexity index is 845. The number of esters is 1. The fraction of sp³-hybridized carbons (Fsp3) is 0.294. The van der Waals surface area contributed by atoms with Crippen molar-refractivity contribution in [3.05, 3.63) is 47.1 Å². The molecule has 1 atom stereocenters. The normalized spacial score (nSPS) is 17.4. The zero-order valence-corrected chi connectivity index (χ0v) is 14.0. The number of carbonyl (C=O) groups excluding carboxylic acids is 1. The highest BCUT2D eigenvalue weighted by molar-refractivity contribution is 7.18. The van der Waals surface area contributed by atoms with E-state index >= 15 is 0 Å². The number of benzene rings is 1. The van der Waals surface area contributed by atoms with Crippen LogP contribution in [0.4, 0.5) is 5.82 Å². The van der Waals surface area contributed by atoms with Crippen LogP contribution in [0, 0.1) is 0 Å². The van der Waals surface area contributed by atoms with E-state index in [4.69, 9.17) is 4.98 Å². The Morgan fingerprint density at radius 2 is 2.12 bits per heavy atom. The number of nitrogens with zero attached hydrogens (tertiary/aromatic N) is 4. The fourth-order valence-electron chi connectivity index (χ4n) is 3.02. The van der Waals surface area contributed by atoms with E-state index in [-0.39, 0.29) is 11.7 Å². The molecule has 122 valence electrons. The Kier molecular flexibility index (Phi) is 3.86. The minimum Gasteiger partial charge on any atom is -0.464 e. The first kappa shape index (κ1) is 15.0. The van der Waals surface area contributed by atoms with Gasteiger partial charge in [-0.1, -0.05) is 12.1 Å². The van der Waals surface area contributed by atoms with Crippen LogP contribution in [0.25, 0.3) is 10.2 Å². The molecule has 0 aliphatic carbocycles. The molecule has 7 heteroatoms. The van der Waals surface area contributed by atoms with Crippen molar-refractivity contribution in [2.45, 2.75) is 18.9 Å². The third kappa shape index (κ3) is 2.60. The number of methoxy groups -OCH3 is 1. The Balaban J connectivity index is 1.63. The first-order valence-electron chi connectivity index (χ1n) is 7.80. The largest absolute Gasteiger partial charge is 0.464 e. The summed E-state index contributed by atoms with van der Waals surface area (Å²) in [6.07, 6.45) is 2.13. The van der Waals surface area contributed by atoms with Crippen LogP contribution in [0.2, 0.25) is 0 Å². The van der Waals surface area contributed by atoms with Crippen LogP contribution in [0.15, 0.2) is 36.4 Å². The number of rotatable bonds is 3. The van der Waals surface area contributed by atoms with Crippen molar-refractivity contribution in [1.29, 1.82) is 0 Å². The fourth-order valence-corrected chi connectivity index (χ4v) is 4.14. The average molecular weight is 340 g/mol. The summed E-state index contributed by atoms with van der Waals surface area (Å²) < 4.78 is 5.86. The lowest BCUT2D eigenvalue weighted by molar-refractivity contribution is 0.0592. The summed E-state index contributed by atoms with van der Waals surface area (Å²) in [5, 5.41) is 9.30. The van der Waals surface area contributed by atoms with Crippen LogP contribution < -0.4 is 4.90 Å². The predicted molar refractivity (Wildman–Crippen MR) is 92.3 cm³/mol. The van der Waals surface area contributed by atoms with Crippen molar-refractivity contribution in [2.24, 2.45) is 0 Å². The highest BCUT2D eigenvalue weighted by atomic mass is 32.1. The summed E-state index contributed by atoms with van der Waals surface area (Å²) in [6, 6.07) is 11.9. The SMILES string of the molecule is COC(=O)c1ccc(N2CCCC2c2nc3ccccc3s2)nn1. The molecule has 0 N–H and O–H groups in total. The molecule has 1 aromatic carbocycles. The van der Waals surface area contributed by atoms with Crippen molar-refractivity contribution < 1.29 is 9.53 Å². The molecule has 0 amide bonds.